The standard InChI is InChI=1S/C7H11NO2S2/c1-2-6-12(9,10)8-7-4-3-5-11-7/h3-5,8H,2,6H2,1H3. The first-order valence-corrected chi connectivity index (χ1v) is 6.21. The number of anilines is 1. The molecule has 0 amide bonds. The van der Waals surface area contributed by atoms with Gasteiger partial charge >= 0.3 is 0 Å². The van der Waals surface area contributed by atoms with E-state index in [0.29, 0.717) is 11.4 Å². The van der Waals surface area contributed by atoms with Gasteiger partial charge in [-0.25, -0.2) is 8.42 Å². The molecule has 0 aromatic carbocycles. The first-order valence-electron chi connectivity index (χ1n) is 3.68. The topological polar surface area (TPSA) is 46.2 Å². The molecule has 0 aliphatic rings. The van der Waals surface area contributed by atoms with Crippen LogP contribution in [0.4, 0.5) is 5.00 Å². The number of nitrogens with one attached hydrogen (secondary N) is 1. The third-order valence-corrected chi connectivity index (χ3v) is 3.64. The maximum absolute atomic E-state index is 11.2. The molecule has 1 aromatic rings. The molecule has 1 heterocycles. The van der Waals surface area contributed by atoms with Crippen LogP contribution in [0.3, 0.4) is 0 Å². The molecule has 12 heavy (non-hydrogen) atoms. The van der Waals surface area contributed by atoms with Crippen molar-refractivity contribution in [3.8, 4) is 0 Å². The highest BCUT2D eigenvalue weighted by Crippen LogP contribution is 2.16. The molecular formula is C7H11NO2S2. The summed E-state index contributed by atoms with van der Waals surface area (Å²) in [5.41, 5.74) is 0. The van der Waals surface area contributed by atoms with E-state index < -0.39 is 10.0 Å². The fraction of sp³-hybridized carbons (Fsp3) is 0.429. The number of rotatable bonds is 4. The van der Waals surface area contributed by atoms with Gasteiger partial charge in [-0.15, -0.1) is 11.3 Å². The van der Waals surface area contributed by atoms with Crippen molar-refractivity contribution in [2.45, 2.75) is 13.3 Å². The number of thiophene rings is 1. The highest BCUT2D eigenvalue weighted by Gasteiger charge is 2.08. The van der Waals surface area contributed by atoms with E-state index in [1.54, 1.807) is 6.07 Å². The smallest absolute Gasteiger partial charge is 0.233 e. The fourth-order valence-corrected chi connectivity index (χ4v) is 2.86. The van der Waals surface area contributed by atoms with Gasteiger partial charge in [0.25, 0.3) is 0 Å². The lowest BCUT2D eigenvalue weighted by molar-refractivity contribution is 0.600. The van der Waals surface area contributed by atoms with Gasteiger partial charge in [-0.2, -0.15) is 0 Å². The van der Waals surface area contributed by atoms with Gasteiger partial charge in [0.15, 0.2) is 0 Å². The van der Waals surface area contributed by atoms with Crippen molar-refractivity contribution in [2.24, 2.45) is 0 Å². The summed E-state index contributed by atoms with van der Waals surface area (Å²) >= 11 is 1.39. The second kappa shape index (κ2) is 3.91. The van der Waals surface area contributed by atoms with Crippen LogP contribution in [0.2, 0.25) is 0 Å². The van der Waals surface area contributed by atoms with Crippen molar-refractivity contribution < 1.29 is 8.42 Å². The largest absolute Gasteiger partial charge is 0.274 e. The molecule has 0 fully saturated rings. The van der Waals surface area contributed by atoms with Gasteiger partial charge in [-0.3, -0.25) is 4.72 Å². The third kappa shape index (κ3) is 2.83. The lowest BCUT2D eigenvalue weighted by Gasteiger charge is -2.02. The Hall–Kier alpha value is -0.550. The first-order chi connectivity index (χ1) is 5.64. The van der Waals surface area contributed by atoms with E-state index in [-0.39, 0.29) is 5.75 Å². The fourth-order valence-electron chi connectivity index (χ4n) is 0.810. The summed E-state index contributed by atoms with van der Waals surface area (Å²) in [6.07, 6.45) is 0.640. The van der Waals surface area contributed by atoms with Crippen molar-refractivity contribution in [3.05, 3.63) is 17.5 Å². The molecule has 1 N–H and O–H groups in total. The molecule has 0 radical (unpaired) electrons. The Labute approximate surface area is 76.5 Å². The number of hydrogen-bond acceptors (Lipinski definition) is 3. The predicted octanol–water partition coefficient (Wildman–Crippen LogP) is 1.90. The van der Waals surface area contributed by atoms with Crippen LogP contribution in [0.1, 0.15) is 13.3 Å². The molecule has 3 nitrogen and oxygen atoms in total. The summed E-state index contributed by atoms with van der Waals surface area (Å²) in [6.45, 7) is 1.84. The Morgan fingerprint density at radius 2 is 2.33 bits per heavy atom. The lowest BCUT2D eigenvalue weighted by atomic mass is 10.6. The van der Waals surface area contributed by atoms with Gasteiger partial charge in [0.1, 0.15) is 5.00 Å². The molecule has 68 valence electrons. The summed E-state index contributed by atoms with van der Waals surface area (Å²) in [4.78, 5) is 0. The highest BCUT2D eigenvalue weighted by molar-refractivity contribution is 7.92. The zero-order chi connectivity index (χ0) is 9.03. The van der Waals surface area contributed by atoms with Crippen LogP contribution in [0.5, 0.6) is 0 Å². The predicted molar refractivity (Wildman–Crippen MR) is 52.0 cm³/mol. The maximum Gasteiger partial charge on any atom is 0.233 e. The van der Waals surface area contributed by atoms with Crippen LogP contribution in [0.15, 0.2) is 17.5 Å². The lowest BCUT2D eigenvalue weighted by Crippen LogP contribution is -2.15. The number of sulfonamides is 1. The van der Waals surface area contributed by atoms with E-state index in [1.165, 1.54) is 11.3 Å². The zero-order valence-corrected chi connectivity index (χ0v) is 8.41. The van der Waals surface area contributed by atoms with Gasteiger partial charge in [-0.05, 0) is 23.9 Å². The molecular weight excluding hydrogens is 194 g/mol. The monoisotopic (exact) mass is 205 g/mol. The quantitative estimate of drug-likeness (QED) is 0.816. The van der Waals surface area contributed by atoms with Gasteiger partial charge in [0.05, 0.1) is 5.75 Å². The molecule has 1 aromatic heterocycles. The normalized spacial score (nSPS) is 11.4. The van der Waals surface area contributed by atoms with Crippen LogP contribution in [-0.2, 0) is 10.0 Å². The van der Waals surface area contributed by atoms with E-state index in [1.807, 2.05) is 18.4 Å². The van der Waals surface area contributed by atoms with E-state index >= 15 is 0 Å². The molecule has 1 rings (SSSR count). The van der Waals surface area contributed by atoms with Crippen LogP contribution >= 0.6 is 11.3 Å². The Balaban J connectivity index is 2.63. The van der Waals surface area contributed by atoms with E-state index in [4.69, 9.17) is 0 Å². The van der Waals surface area contributed by atoms with Gasteiger partial charge in [0, 0.05) is 0 Å². The van der Waals surface area contributed by atoms with Crippen molar-refractivity contribution in [3.63, 3.8) is 0 Å². The van der Waals surface area contributed by atoms with Crippen LogP contribution < -0.4 is 4.72 Å². The van der Waals surface area contributed by atoms with Crippen LogP contribution in [-0.4, -0.2) is 14.2 Å². The Kier molecular flexibility index (Phi) is 3.11. The van der Waals surface area contributed by atoms with Gasteiger partial charge in [-0.1, -0.05) is 6.92 Å². The Bertz CT molecular complexity index is 315. The average molecular weight is 205 g/mol. The molecule has 0 saturated carbocycles. The summed E-state index contributed by atoms with van der Waals surface area (Å²) in [6, 6.07) is 3.56. The highest BCUT2D eigenvalue weighted by atomic mass is 32.2. The molecule has 0 aliphatic heterocycles. The molecule has 0 aliphatic carbocycles. The summed E-state index contributed by atoms with van der Waals surface area (Å²) in [7, 11) is -3.09. The second-order valence-corrected chi connectivity index (χ2v) is 5.19. The van der Waals surface area contributed by atoms with Crippen LogP contribution in [0.25, 0.3) is 0 Å². The second-order valence-electron chi connectivity index (χ2n) is 2.40. The molecule has 0 bridgehead atoms. The average Bonchev–Trinajstić information content (AvgIpc) is 2.38. The van der Waals surface area contributed by atoms with Gasteiger partial charge in [0.2, 0.25) is 10.0 Å². The molecule has 5 heteroatoms. The van der Waals surface area contributed by atoms with E-state index in [0.717, 1.165) is 0 Å². The number of hydrogen-bond donors (Lipinski definition) is 1. The van der Waals surface area contributed by atoms with Crippen molar-refractivity contribution in [2.75, 3.05) is 10.5 Å². The molecule has 0 unspecified atom stereocenters. The van der Waals surface area contributed by atoms with E-state index in [2.05, 4.69) is 4.72 Å². The molecule has 0 atom stereocenters. The minimum atomic E-state index is -3.09. The Morgan fingerprint density at radius 1 is 1.58 bits per heavy atom. The van der Waals surface area contributed by atoms with E-state index in [9.17, 15) is 8.42 Å². The third-order valence-electron chi connectivity index (χ3n) is 1.25. The SMILES string of the molecule is CCCS(=O)(=O)Nc1cccs1. The Morgan fingerprint density at radius 3 is 2.83 bits per heavy atom. The minimum Gasteiger partial charge on any atom is -0.274 e. The van der Waals surface area contributed by atoms with Crippen molar-refractivity contribution in [1.82, 2.24) is 0 Å². The van der Waals surface area contributed by atoms with Gasteiger partial charge < -0.3 is 0 Å². The molecule has 0 saturated heterocycles. The maximum atomic E-state index is 11.2. The van der Waals surface area contributed by atoms with Crippen LogP contribution in [0, 0.1) is 0 Å². The summed E-state index contributed by atoms with van der Waals surface area (Å²) < 4.78 is 24.9. The minimum absolute atomic E-state index is 0.185. The first kappa shape index (κ1) is 9.54. The summed E-state index contributed by atoms with van der Waals surface area (Å²) in [5.74, 6) is 0.185. The summed E-state index contributed by atoms with van der Waals surface area (Å²) in [5, 5.41) is 2.52. The zero-order valence-electron chi connectivity index (χ0n) is 6.78. The molecule has 0 spiro atoms. The van der Waals surface area contributed by atoms with Crippen molar-refractivity contribution in [1.29, 1.82) is 0 Å². The van der Waals surface area contributed by atoms with Crippen molar-refractivity contribution >= 4 is 26.4 Å².